The summed E-state index contributed by atoms with van der Waals surface area (Å²) < 4.78 is 0. The van der Waals surface area contributed by atoms with Crippen molar-refractivity contribution in [1.82, 2.24) is 9.80 Å². The fraction of sp³-hybridized carbons (Fsp3) is 0.600. The fourth-order valence-electron chi connectivity index (χ4n) is 5.62. The molecule has 2 heterocycles. The minimum atomic E-state index is -1.15. The van der Waals surface area contributed by atoms with E-state index in [4.69, 9.17) is 5.73 Å². The number of imide groups is 1. The summed E-state index contributed by atoms with van der Waals surface area (Å²) in [5.74, 6) is -0.732. The Balaban J connectivity index is 1.54. The second-order valence-electron chi connectivity index (χ2n) is 9.67. The van der Waals surface area contributed by atoms with Crippen LogP contribution in [-0.4, -0.2) is 53.1 Å². The van der Waals surface area contributed by atoms with E-state index in [1.165, 1.54) is 11.3 Å². The van der Waals surface area contributed by atoms with E-state index in [2.05, 4.69) is 0 Å². The summed E-state index contributed by atoms with van der Waals surface area (Å²) in [4.78, 5) is 54.7. The summed E-state index contributed by atoms with van der Waals surface area (Å²) in [5.41, 5.74) is 4.99. The maximum Gasteiger partial charge on any atom is 0.240 e. The first kappa shape index (κ1) is 22.5. The molecular formula is C25H33N3O4. The largest absolute Gasteiger partial charge is 0.369 e. The highest BCUT2D eigenvalue weighted by atomic mass is 16.2. The van der Waals surface area contributed by atoms with Crippen LogP contribution in [-0.2, 0) is 24.6 Å². The second kappa shape index (κ2) is 9.43. The minimum absolute atomic E-state index is 0.0238. The molecule has 7 nitrogen and oxygen atoms in total. The summed E-state index contributed by atoms with van der Waals surface area (Å²) in [6.45, 7) is 1.36. The summed E-state index contributed by atoms with van der Waals surface area (Å²) >= 11 is 0. The van der Waals surface area contributed by atoms with Crippen LogP contribution in [0.1, 0.15) is 63.4 Å². The molecule has 0 bridgehead atoms. The van der Waals surface area contributed by atoms with E-state index in [-0.39, 0.29) is 42.4 Å². The van der Waals surface area contributed by atoms with E-state index in [1.807, 2.05) is 30.3 Å². The molecule has 1 aliphatic carbocycles. The first-order chi connectivity index (χ1) is 15.4. The molecule has 1 aromatic rings. The number of nitrogens with two attached hydrogens (primary N) is 1. The maximum absolute atomic E-state index is 13.7. The zero-order valence-electron chi connectivity index (χ0n) is 18.6. The molecule has 2 N–H and O–H groups in total. The minimum Gasteiger partial charge on any atom is -0.369 e. The molecular weight excluding hydrogens is 406 g/mol. The molecule has 32 heavy (non-hydrogen) atoms. The summed E-state index contributed by atoms with van der Waals surface area (Å²) in [6, 6.07) is 9.27. The van der Waals surface area contributed by atoms with Crippen LogP contribution >= 0.6 is 0 Å². The molecule has 2 saturated heterocycles. The van der Waals surface area contributed by atoms with Crippen molar-refractivity contribution in [3.63, 3.8) is 0 Å². The van der Waals surface area contributed by atoms with Crippen LogP contribution in [0.5, 0.6) is 0 Å². The maximum atomic E-state index is 13.7. The van der Waals surface area contributed by atoms with Crippen LogP contribution in [0, 0.1) is 11.8 Å². The van der Waals surface area contributed by atoms with Gasteiger partial charge in [-0.3, -0.25) is 24.1 Å². The van der Waals surface area contributed by atoms with Gasteiger partial charge in [0, 0.05) is 38.4 Å². The van der Waals surface area contributed by atoms with Crippen LogP contribution in [0.3, 0.4) is 0 Å². The molecule has 2 aliphatic heterocycles. The molecule has 1 unspecified atom stereocenters. The Hall–Kier alpha value is -2.70. The fourth-order valence-corrected chi connectivity index (χ4v) is 5.62. The average molecular weight is 440 g/mol. The Labute approximate surface area is 189 Å². The van der Waals surface area contributed by atoms with Gasteiger partial charge in [-0.2, -0.15) is 0 Å². The molecule has 1 aromatic carbocycles. The SMILES string of the molecule is NC(=O)C1CCN(C(=O)CC2(c3ccccc3)CC(=O)N(CC3CCCCC3)C2=O)CC1. The lowest BCUT2D eigenvalue weighted by Gasteiger charge is -2.34. The zero-order valence-corrected chi connectivity index (χ0v) is 18.6. The molecule has 1 saturated carbocycles. The topological polar surface area (TPSA) is 101 Å². The Bertz CT molecular complexity index is 872. The molecule has 4 rings (SSSR count). The van der Waals surface area contributed by atoms with E-state index in [1.54, 1.807) is 4.90 Å². The van der Waals surface area contributed by atoms with Gasteiger partial charge in [0.2, 0.25) is 23.6 Å². The van der Waals surface area contributed by atoms with E-state index >= 15 is 0 Å². The van der Waals surface area contributed by atoms with Crippen LogP contribution in [0.15, 0.2) is 30.3 Å². The van der Waals surface area contributed by atoms with E-state index in [0.717, 1.165) is 31.2 Å². The van der Waals surface area contributed by atoms with E-state index in [0.29, 0.717) is 38.4 Å². The number of rotatable bonds is 6. The van der Waals surface area contributed by atoms with Crippen molar-refractivity contribution in [3.05, 3.63) is 35.9 Å². The Kier molecular flexibility index (Phi) is 6.63. The third-order valence-corrected chi connectivity index (χ3v) is 7.60. The third kappa shape index (κ3) is 4.43. The number of primary amides is 1. The number of nitrogens with zero attached hydrogens (tertiary/aromatic N) is 2. The van der Waals surface area contributed by atoms with Crippen LogP contribution in [0.25, 0.3) is 0 Å². The second-order valence-corrected chi connectivity index (χ2v) is 9.67. The van der Waals surface area contributed by atoms with Gasteiger partial charge in [-0.25, -0.2) is 0 Å². The van der Waals surface area contributed by atoms with Crippen molar-refractivity contribution in [1.29, 1.82) is 0 Å². The highest BCUT2D eigenvalue weighted by Gasteiger charge is 2.54. The quantitative estimate of drug-likeness (QED) is 0.688. The molecule has 3 fully saturated rings. The van der Waals surface area contributed by atoms with E-state index < -0.39 is 5.41 Å². The predicted octanol–water partition coefficient (Wildman–Crippen LogP) is 2.38. The highest BCUT2D eigenvalue weighted by molar-refractivity contribution is 6.10. The zero-order chi connectivity index (χ0) is 22.7. The first-order valence-electron chi connectivity index (χ1n) is 11.9. The molecule has 0 spiro atoms. The lowest BCUT2D eigenvalue weighted by atomic mass is 9.75. The average Bonchev–Trinajstić information content (AvgIpc) is 3.05. The van der Waals surface area contributed by atoms with Crippen molar-refractivity contribution in [2.45, 2.75) is 63.2 Å². The van der Waals surface area contributed by atoms with Crippen molar-refractivity contribution in [2.24, 2.45) is 17.6 Å². The summed E-state index contributed by atoms with van der Waals surface area (Å²) in [5, 5.41) is 0. The number of likely N-dealkylation sites (tertiary alicyclic amines) is 2. The number of piperidine rings is 1. The van der Waals surface area contributed by atoms with Gasteiger partial charge in [0.05, 0.1) is 5.41 Å². The van der Waals surface area contributed by atoms with Crippen molar-refractivity contribution in [2.75, 3.05) is 19.6 Å². The van der Waals surface area contributed by atoms with Gasteiger partial charge in [0.15, 0.2) is 0 Å². The summed E-state index contributed by atoms with van der Waals surface area (Å²) in [7, 11) is 0. The number of carbonyl (C=O) groups is 4. The van der Waals surface area contributed by atoms with Gasteiger partial charge in [-0.05, 0) is 37.2 Å². The lowest BCUT2D eigenvalue weighted by molar-refractivity contribution is -0.143. The van der Waals surface area contributed by atoms with E-state index in [9.17, 15) is 19.2 Å². The summed E-state index contributed by atoms with van der Waals surface area (Å²) in [6.07, 6.45) is 6.69. The number of benzene rings is 1. The van der Waals surface area contributed by atoms with Gasteiger partial charge in [0.1, 0.15) is 0 Å². The molecule has 7 heteroatoms. The molecule has 172 valence electrons. The van der Waals surface area contributed by atoms with Crippen molar-refractivity contribution < 1.29 is 19.2 Å². The molecule has 0 radical (unpaired) electrons. The monoisotopic (exact) mass is 439 g/mol. The lowest BCUT2D eigenvalue weighted by Crippen LogP contribution is -2.47. The number of hydrogen-bond donors (Lipinski definition) is 1. The third-order valence-electron chi connectivity index (χ3n) is 7.60. The van der Waals surface area contributed by atoms with Crippen LogP contribution in [0.4, 0.5) is 0 Å². The highest BCUT2D eigenvalue weighted by Crippen LogP contribution is 2.41. The van der Waals surface area contributed by atoms with Gasteiger partial charge in [-0.15, -0.1) is 0 Å². The van der Waals surface area contributed by atoms with Crippen molar-refractivity contribution >= 4 is 23.6 Å². The number of amides is 4. The Morgan fingerprint density at radius 3 is 2.25 bits per heavy atom. The van der Waals surface area contributed by atoms with Gasteiger partial charge >= 0.3 is 0 Å². The van der Waals surface area contributed by atoms with Crippen molar-refractivity contribution in [3.8, 4) is 0 Å². The van der Waals surface area contributed by atoms with Crippen LogP contribution in [0.2, 0.25) is 0 Å². The standard InChI is InChI=1S/C25H33N3O4/c26-23(31)19-11-13-27(14-12-19)21(29)15-25(20-9-5-2-6-10-20)16-22(30)28(24(25)32)17-18-7-3-1-4-8-18/h2,5-6,9-10,18-19H,1,3-4,7-8,11-17H2,(H2,26,31). The normalized spacial score (nSPS) is 25.4. The number of carbonyl (C=O) groups excluding carboxylic acids is 4. The van der Waals surface area contributed by atoms with Gasteiger partial charge in [-0.1, -0.05) is 49.6 Å². The van der Waals surface area contributed by atoms with Gasteiger partial charge < -0.3 is 10.6 Å². The van der Waals surface area contributed by atoms with Gasteiger partial charge in [0.25, 0.3) is 0 Å². The molecule has 3 aliphatic rings. The molecule has 0 aromatic heterocycles. The Morgan fingerprint density at radius 1 is 0.969 bits per heavy atom. The Morgan fingerprint density at radius 2 is 1.62 bits per heavy atom. The smallest absolute Gasteiger partial charge is 0.240 e. The molecule has 4 amide bonds. The number of hydrogen-bond acceptors (Lipinski definition) is 4. The molecule has 1 atom stereocenters. The first-order valence-corrected chi connectivity index (χ1v) is 11.9. The predicted molar refractivity (Wildman–Crippen MR) is 119 cm³/mol. The van der Waals surface area contributed by atoms with Crippen LogP contribution < -0.4 is 5.73 Å².